The minimum Gasteiger partial charge on any atom is -0.505 e. The van der Waals surface area contributed by atoms with Crippen LogP contribution < -0.4 is 10.9 Å². The average molecular weight is 358 g/mol. The quantitative estimate of drug-likeness (QED) is 0.650. The summed E-state index contributed by atoms with van der Waals surface area (Å²) in [6.07, 6.45) is -0.747. The summed E-state index contributed by atoms with van der Waals surface area (Å²) in [5.41, 5.74) is 0.642. The molecule has 0 radical (unpaired) electrons. The molecule has 0 aliphatic heterocycles. The molecule has 1 atom stereocenters. The molecular weight excluding hydrogens is 340 g/mol. The van der Waals surface area contributed by atoms with Crippen molar-refractivity contribution in [3.05, 3.63) is 63.3 Å². The van der Waals surface area contributed by atoms with E-state index in [9.17, 15) is 19.8 Å². The first-order valence-corrected chi connectivity index (χ1v) is 8.70. The van der Waals surface area contributed by atoms with Crippen molar-refractivity contribution < 1.29 is 15.0 Å². The molecule has 7 heteroatoms. The molecule has 0 spiro atoms. The molecule has 0 unspecified atom stereocenters. The Labute approximate surface area is 148 Å². The molecule has 1 aromatic carbocycles. The number of aliphatic hydroxyl groups excluding tert-OH is 1. The lowest BCUT2D eigenvalue weighted by Gasteiger charge is -2.13. The fourth-order valence-electron chi connectivity index (χ4n) is 2.61. The van der Waals surface area contributed by atoms with Crippen molar-refractivity contribution in [2.75, 3.05) is 6.54 Å². The number of nitrogens with zero attached hydrogens (tertiary/aromatic N) is 1. The maximum Gasteiger partial charge on any atom is 0.268 e. The minimum atomic E-state index is -0.747. The second-order valence-corrected chi connectivity index (χ2v) is 6.71. The molecule has 0 fully saturated rings. The maximum atomic E-state index is 12.9. The smallest absolute Gasteiger partial charge is 0.268 e. The van der Waals surface area contributed by atoms with Gasteiger partial charge in [-0.25, -0.2) is 0 Å². The summed E-state index contributed by atoms with van der Waals surface area (Å²) in [5.74, 6) is -1.01. The second kappa shape index (κ2) is 7.08. The molecule has 2 heterocycles. The highest BCUT2D eigenvalue weighted by atomic mass is 32.1. The van der Waals surface area contributed by atoms with Crippen LogP contribution >= 0.6 is 11.3 Å². The molecule has 0 aliphatic carbocycles. The first-order valence-electron chi connectivity index (χ1n) is 7.82. The van der Waals surface area contributed by atoms with Crippen molar-refractivity contribution in [3.63, 3.8) is 0 Å². The number of carbonyl (C=O) groups excluding carboxylic acids is 1. The monoisotopic (exact) mass is 358 g/mol. The molecule has 25 heavy (non-hydrogen) atoms. The van der Waals surface area contributed by atoms with Crippen molar-refractivity contribution in [1.82, 2.24) is 9.88 Å². The van der Waals surface area contributed by atoms with E-state index in [4.69, 9.17) is 0 Å². The number of thiophene rings is 1. The van der Waals surface area contributed by atoms with Crippen LogP contribution in [0.4, 0.5) is 0 Å². The van der Waals surface area contributed by atoms with Gasteiger partial charge in [0, 0.05) is 6.54 Å². The van der Waals surface area contributed by atoms with Gasteiger partial charge in [-0.2, -0.15) is 0 Å². The van der Waals surface area contributed by atoms with Crippen LogP contribution in [0.3, 0.4) is 0 Å². The number of pyridine rings is 1. The van der Waals surface area contributed by atoms with E-state index in [1.165, 1.54) is 22.8 Å². The summed E-state index contributed by atoms with van der Waals surface area (Å²) in [4.78, 5) is 25.2. The van der Waals surface area contributed by atoms with E-state index in [0.717, 1.165) is 5.56 Å². The summed E-state index contributed by atoms with van der Waals surface area (Å²) in [7, 11) is 0. The van der Waals surface area contributed by atoms with Gasteiger partial charge in [0.15, 0.2) is 5.75 Å². The Morgan fingerprint density at radius 3 is 2.68 bits per heavy atom. The summed E-state index contributed by atoms with van der Waals surface area (Å²) in [6, 6.07) is 11.2. The van der Waals surface area contributed by atoms with Gasteiger partial charge in [-0.3, -0.25) is 9.59 Å². The Morgan fingerprint density at radius 1 is 1.28 bits per heavy atom. The number of hydrogen-bond acceptors (Lipinski definition) is 5. The molecule has 0 saturated carbocycles. The number of carbonyl (C=O) groups is 1. The predicted octanol–water partition coefficient (Wildman–Crippen LogP) is 1.93. The summed E-state index contributed by atoms with van der Waals surface area (Å²) in [5, 5.41) is 24.0. The van der Waals surface area contributed by atoms with E-state index >= 15 is 0 Å². The Morgan fingerprint density at radius 2 is 2.00 bits per heavy atom. The number of benzene rings is 1. The van der Waals surface area contributed by atoms with Gasteiger partial charge in [-0.1, -0.05) is 30.3 Å². The molecule has 6 nitrogen and oxygen atoms in total. The van der Waals surface area contributed by atoms with Crippen LogP contribution in [0.1, 0.15) is 22.8 Å². The second-order valence-electron chi connectivity index (χ2n) is 5.79. The molecule has 0 aliphatic rings. The Kier molecular flexibility index (Phi) is 4.87. The topological polar surface area (TPSA) is 91.6 Å². The van der Waals surface area contributed by atoms with E-state index < -0.39 is 17.6 Å². The molecule has 0 saturated heterocycles. The van der Waals surface area contributed by atoms with E-state index in [1.807, 2.05) is 30.3 Å². The number of rotatable bonds is 5. The number of aromatic nitrogens is 1. The third kappa shape index (κ3) is 3.42. The van der Waals surface area contributed by atoms with E-state index in [-0.39, 0.29) is 17.9 Å². The molecule has 130 valence electrons. The summed E-state index contributed by atoms with van der Waals surface area (Å²) < 4.78 is 1.97. The van der Waals surface area contributed by atoms with Crippen molar-refractivity contribution in [2.45, 2.75) is 19.6 Å². The number of nitrogens with one attached hydrogen (secondary N) is 1. The fraction of sp³-hybridized carbons (Fsp3) is 0.222. The molecule has 0 bridgehead atoms. The van der Waals surface area contributed by atoms with E-state index in [1.54, 1.807) is 11.4 Å². The zero-order valence-electron chi connectivity index (χ0n) is 13.6. The molecule has 3 aromatic rings. The third-order valence-corrected chi connectivity index (χ3v) is 4.73. The zero-order chi connectivity index (χ0) is 18.0. The zero-order valence-corrected chi connectivity index (χ0v) is 14.4. The normalized spacial score (nSPS) is 12.2. The lowest BCUT2D eigenvalue weighted by atomic mass is 10.1. The third-order valence-electron chi connectivity index (χ3n) is 3.81. The van der Waals surface area contributed by atoms with Crippen molar-refractivity contribution in [3.8, 4) is 5.75 Å². The van der Waals surface area contributed by atoms with Gasteiger partial charge in [0.25, 0.3) is 11.5 Å². The van der Waals surface area contributed by atoms with Crippen LogP contribution in [0.15, 0.2) is 46.6 Å². The van der Waals surface area contributed by atoms with Gasteiger partial charge < -0.3 is 20.1 Å². The van der Waals surface area contributed by atoms with Crippen molar-refractivity contribution in [2.24, 2.45) is 0 Å². The Bertz CT molecular complexity index is 960. The summed E-state index contributed by atoms with van der Waals surface area (Å²) >= 11 is 1.26. The van der Waals surface area contributed by atoms with Crippen molar-refractivity contribution >= 4 is 27.5 Å². The van der Waals surface area contributed by atoms with Crippen LogP contribution in [-0.2, 0) is 6.54 Å². The van der Waals surface area contributed by atoms with Gasteiger partial charge in [0.2, 0.25) is 0 Å². The standard InChI is InChI=1S/C18H18N2O4S/c1-11(21)9-19-17(23)14-15(22)16-13(7-8-25-16)20(18(14)24)10-12-5-3-2-4-6-12/h2-8,11,21-22H,9-10H2,1H3,(H,19,23)/t11-/m1/s1. The first kappa shape index (κ1) is 17.2. The van der Waals surface area contributed by atoms with Crippen LogP contribution in [0.2, 0.25) is 0 Å². The molecular formula is C18H18N2O4S. The van der Waals surface area contributed by atoms with Gasteiger partial charge in [-0.05, 0) is 23.9 Å². The number of aliphatic hydroxyl groups is 1. The highest BCUT2D eigenvalue weighted by Crippen LogP contribution is 2.31. The number of hydrogen-bond donors (Lipinski definition) is 3. The SMILES string of the molecule is C[C@@H](O)CNC(=O)c1c(O)c2sccc2n(Cc2ccccc2)c1=O. The molecule has 3 rings (SSSR count). The van der Waals surface area contributed by atoms with Crippen molar-refractivity contribution in [1.29, 1.82) is 0 Å². The molecule has 3 N–H and O–H groups in total. The highest BCUT2D eigenvalue weighted by molar-refractivity contribution is 7.17. The van der Waals surface area contributed by atoms with Gasteiger partial charge in [-0.15, -0.1) is 11.3 Å². The van der Waals surface area contributed by atoms with Crippen LogP contribution in [0.5, 0.6) is 5.75 Å². The average Bonchev–Trinajstić information content (AvgIpc) is 3.08. The van der Waals surface area contributed by atoms with E-state index in [2.05, 4.69) is 5.32 Å². The number of aromatic hydroxyl groups is 1. The predicted molar refractivity (Wildman–Crippen MR) is 97.3 cm³/mol. The lowest BCUT2D eigenvalue weighted by molar-refractivity contribution is 0.0919. The number of fused-ring (bicyclic) bond motifs is 1. The maximum absolute atomic E-state index is 12.9. The van der Waals surface area contributed by atoms with Gasteiger partial charge in [0.05, 0.1) is 22.9 Å². The highest BCUT2D eigenvalue weighted by Gasteiger charge is 2.23. The van der Waals surface area contributed by atoms with Crippen LogP contribution in [0.25, 0.3) is 10.2 Å². The largest absolute Gasteiger partial charge is 0.505 e. The minimum absolute atomic E-state index is 0.00111. The van der Waals surface area contributed by atoms with Gasteiger partial charge >= 0.3 is 0 Å². The molecule has 1 amide bonds. The molecule has 2 aromatic heterocycles. The Balaban J connectivity index is 2.12. The first-order chi connectivity index (χ1) is 12.0. The fourth-order valence-corrected chi connectivity index (χ4v) is 3.45. The Hall–Kier alpha value is -2.64. The van der Waals surface area contributed by atoms with Gasteiger partial charge in [0.1, 0.15) is 5.56 Å². The lowest BCUT2D eigenvalue weighted by Crippen LogP contribution is -2.36. The van der Waals surface area contributed by atoms with Crippen LogP contribution in [0, 0.1) is 0 Å². The number of amides is 1. The van der Waals surface area contributed by atoms with Crippen LogP contribution in [-0.4, -0.2) is 33.3 Å². The van der Waals surface area contributed by atoms with E-state index in [0.29, 0.717) is 16.8 Å². The summed E-state index contributed by atoms with van der Waals surface area (Å²) in [6.45, 7) is 1.82.